The Balaban J connectivity index is 1.76. The summed E-state index contributed by atoms with van der Waals surface area (Å²) >= 11 is 0. The van der Waals surface area contributed by atoms with Crippen LogP contribution in [-0.2, 0) is 4.79 Å². The summed E-state index contributed by atoms with van der Waals surface area (Å²) in [4.78, 5) is 40.9. The van der Waals surface area contributed by atoms with E-state index in [-0.39, 0.29) is 34.9 Å². The van der Waals surface area contributed by atoms with E-state index in [0.29, 0.717) is 18.7 Å². The highest BCUT2D eigenvalue weighted by molar-refractivity contribution is 5.94. The fourth-order valence-electron chi connectivity index (χ4n) is 1.99. The highest BCUT2D eigenvalue weighted by Gasteiger charge is 2.30. The lowest BCUT2D eigenvalue weighted by atomic mass is 9.91. The number of Topliss-reactive ketones (excluding diaryl/α,β-unsaturated/α-hetero) is 1. The highest BCUT2D eigenvalue weighted by Crippen LogP contribution is 2.37. The summed E-state index contributed by atoms with van der Waals surface area (Å²) in [7, 11) is 0. The largest absolute Gasteiger partial charge is 0.347 e. The molecule has 0 spiro atoms. The van der Waals surface area contributed by atoms with Crippen molar-refractivity contribution in [2.45, 2.75) is 37.6 Å². The summed E-state index contributed by atoms with van der Waals surface area (Å²) in [5, 5.41) is 2.70. The number of carbonyl (C=O) groups excluding carboxylic acids is 2. The Hall–Kier alpha value is -1.98. The number of amides is 1. The first-order valence-corrected chi connectivity index (χ1v) is 6.05. The molecule has 2 aliphatic rings. The van der Waals surface area contributed by atoms with Crippen molar-refractivity contribution in [3.63, 3.8) is 0 Å². The number of H-pyrrole nitrogens is 1. The minimum atomic E-state index is -0.375. The van der Waals surface area contributed by atoms with Gasteiger partial charge in [0.1, 0.15) is 17.3 Å². The lowest BCUT2D eigenvalue weighted by Crippen LogP contribution is -2.45. The summed E-state index contributed by atoms with van der Waals surface area (Å²) in [6, 6.07) is 1.09. The zero-order chi connectivity index (χ0) is 12.7. The van der Waals surface area contributed by atoms with Gasteiger partial charge in [-0.2, -0.15) is 0 Å². The molecule has 6 nitrogen and oxygen atoms in total. The Morgan fingerprint density at radius 3 is 2.67 bits per heavy atom. The molecule has 94 valence electrons. The predicted molar refractivity (Wildman–Crippen MR) is 62.3 cm³/mol. The fraction of sp³-hybridized carbons (Fsp3) is 0.500. The van der Waals surface area contributed by atoms with Gasteiger partial charge in [-0.1, -0.05) is 0 Å². The van der Waals surface area contributed by atoms with E-state index in [9.17, 15) is 14.4 Å². The molecule has 1 aromatic rings. The van der Waals surface area contributed by atoms with Crippen molar-refractivity contribution in [1.82, 2.24) is 15.3 Å². The predicted octanol–water partition coefficient (Wildman–Crippen LogP) is 0.109. The van der Waals surface area contributed by atoms with E-state index in [4.69, 9.17) is 0 Å². The quantitative estimate of drug-likeness (QED) is 0.792. The standard InChI is InChI=1S/C12H13N3O3/c16-8-3-7(4-8)13-12(18)9-5-10(17)15-11(14-9)6-1-2-6/h5-7H,1-4H2,(H,13,18)(H,14,15,17). The third kappa shape index (κ3) is 2.18. The van der Waals surface area contributed by atoms with Crippen molar-refractivity contribution in [2.24, 2.45) is 0 Å². The minimum absolute atomic E-state index is 0.101. The maximum absolute atomic E-state index is 11.9. The van der Waals surface area contributed by atoms with Gasteiger partial charge in [0.2, 0.25) is 0 Å². The van der Waals surface area contributed by atoms with Gasteiger partial charge in [-0.3, -0.25) is 14.4 Å². The number of carbonyl (C=O) groups is 2. The molecule has 0 aliphatic heterocycles. The summed E-state index contributed by atoms with van der Waals surface area (Å²) in [6.45, 7) is 0. The molecule has 2 saturated carbocycles. The smallest absolute Gasteiger partial charge is 0.270 e. The molecule has 3 rings (SSSR count). The molecule has 6 heteroatoms. The summed E-state index contributed by atoms with van der Waals surface area (Å²) in [5.41, 5.74) is -0.165. The van der Waals surface area contributed by atoms with Gasteiger partial charge in [0, 0.05) is 30.9 Å². The van der Waals surface area contributed by atoms with Gasteiger partial charge in [-0.15, -0.1) is 0 Å². The third-order valence-corrected chi connectivity index (χ3v) is 3.24. The second-order valence-electron chi connectivity index (χ2n) is 4.91. The first-order chi connectivity index (χ1) is 8.61. The first kappa shape index (κ1) is 11.1. The second kappa shape index (κ2) is 4.04. The van der Waals surface area contributed by atoms with Crippen molar-refractivity contribution in [2.75, 3.05) is 0 Å². The van der Waals surface area contributed by atoms with Crippen LogP contribution in [0.25, 0.3) is 0 Å². The maximum atomic E-state index is 11.9. The van der Waals surface area contributed by atoms with Crippen molar-refractivity contribution in [3.8, 4) is 0 Å². The van der Waals surface area contributed by atoms with E-state index in [1.807, 2.05) is 0 Å². The van der Waals surface area contributed by atoms with Crippen LogP contribution in [0, 0.1) is 0 Å². The number of aromatic nitrogens is 2. The molecule has 2 aliphatic carbocycles. The molecule has 1 heterocycles. The number of hydrogen-bond donors (Lipinski definition) is 2. The van der Waals surface area contributed by atoms with Gasteiger partial charge < -0.3 is 10.3 Å². The van der Waals surface area contributed by atoms with Crippen molar-refractivity contribution < 1.29 is 9.59 Å². The van der Waals surface area contributed by atoms with Gasteiger partial charge in [0.25, 0.3) is 11.5 Å². The van der Waals surface area contributed by atoms with Crippen LogP contribution in [0.5, 0.6) is 0 Å². The van der Waals surface area contributed by atoms with Gasteiger partial charge in [-0.05, 0) is 12.8 Å². The van der Waals surface area contributed by atoms with Crippen LogP contribution in [0.1, 0.15) is 47.9 Å². The van der Waals surface area contributed by atoms with Crippen molar-refractivity contribution in [1.29, 1.82) is 0 Å². The Morgan fingerprint density at radius 2 is 2.06 bits per heavy atom. The Labute approximate surface area is 103 Å². The van der Waals surface area contributed by atoms with Gasteiger partial charge in [0.05, 0.1) is 0 Å². The Morgan fingerprint density at radius 1 is 1.33 bits per heavy atom. The van der Waals surface area contributed by atoms with E-state index in [1.54, 1.807) is 0 Å². The zero-order valence-electron chi connectivity index (χ0n) is 9.73. The zero-order valence-corrected chi connectivity index (χ0v) is 9.73. The minimum Gasteiger partial charge on any atom is -0.347 e. The molecule has 0 saturated heterocycles. The molecule has 0 bridgehead atoms. The second-order valence-corrected chi connectivity index (χ2v) is 4.91. The normalized spacial score (nSPS) is 19.4. The van der Waals surface area contributed by atoms with Crippen molar-refractivity contribution >= 4 is 11.7 Å². The van der Waals surface area contributed by atoms with Crippen LogP contribution in [-0.4, -0.2) is 27.7 Å². The van der Waals surface area contributed by atoms with E-state index < -0.39 is 0 Å². The van der Waals surface area contributed by atoms with Crippen LogP contribution >= 0.6 is 0 Å². The summed E-state index contributed by atoms with van der Waals surface area (Å²) < 4.78 is 0. The molecule has 2 N–H and O–H groups in total. The van der Waals surface area contributed by atoms with Gasteiger partial charge in [0.15, 0.2) is 0 Å². The van der Waals surface area contributed by atoms with Crippen LogP contribution in [0.2, 0.25) is 0 Å². The molecule has 1 aromatic heterocycles. The SMILES string of the molecule is O=C1CC(NC(=O)c2cc(=O)[nH]c(C3CC3)n2)C1. The van der Waals surface area contributed by atoms with Crippen molar-refractivity contribution in [3.05, 3.63) is 27.9 Å². The Kier molecular flexibility index (Phi) is 2.50. The lowest BCUT2D eigenvalue weighted by molar-refractivity contribution is -0.124. The van der Waals surface area contributed by atoms with Gasteiger partial charge in [-0.25, -0.2) is 4.98 Å². The number of nitrogens with one attached hydrogen (secondary N) is 2. The number of hydrogen-bond acceptors (Lipinski definition) is 4. The van der Waals surface area contributed by atoms with E-state index >= 15 is 0 Å². The van der Waals surface area contributed by atoms with E-state index in [2.05, 4.69) is 15.3 Å². The molecule has 0 aromatic carbocycles. The van der Waals surface area contributed by atoms with Crippen LogP contribution < -0.4 is 10.9 Å². The lowest BCUT2D eigenvalue weighted by Gasteiger charge is -2.24. The molecular formula is C12H13N3O3. The monoisotopic (exact) mass is 247 g/mol. The third-order valence-electron chi connectivity index (χ3n) is 3.24. The average Bonchev–Trinajstić information content (AvgIpc) is 3.09. The highest BCUT2D eigenvalue weighted by atomic mass is 16.2. The topological polar surface area (TPSA) is 91.9 Å². The molecule has 0 atom stereocenters. The maximum Gasteiger partial charge on any atom is 0.270 e. The molecular weight excluding hydrogens is 234 g/mol. The van der Waals surface area contributed by atoms with E-state index in [0.717, 1.165) is 12.8 Å². The molecule has 0 unspecified atom stereocenters. The summed E-state index contributed by atoms with van der Waals surface area (Å²) in [6.07, 6.45) is 2.77. The van der Waals surface area contributed by atoms with E-state index in [1.165, 1.54) is 6.07 Å². The van der Waals surface area contributed by atoms with Crippen LogP contribution in [0.3, 0.4) is 0 Å². The van der Waals surface area contributed by atoms with Crippen LogP contribution in [0.4, 0.5) is 0 Å². The summed E-state index contributed by atoms with van der Waals surface area (Å²) in [5.74, 6) is 0.659. The number of ketones is 1. The van der Waals surface area contributed by atoms with Gasteiger partial charge >= 0.3 is 0 Å². The number of nitrogens with zero attached hydrogens (tertiary/aromatic N) is 1. The molecule has 1 amide bonds. The number of aromatic amines is 1. The fourth-order valence-corrected chi connectivity index (χ4v) is 1.99. The van der Waals surface area contributed by atoms with Crippen LogP contribution in [0.15, 0.2) is 10.9 Å². The Bertz CT molecular complexity index is 566. The molecule has 2 fully saturated rings. The average molecular weight is 247 g/mol. The number of rotatable bonds is 3. The first-order valence-electron chi connectivity index (χ1n) is 6.05. The molecule has 18 heavy (non-hydrogen) atoms. The molecule has 0 radical (unpaired) electrons.